The van der Waals surface area contributed by atoms with E-state index in [0.717, 1.165) is 40.4 Å². The second kappa shape index (κ2) is 9.28. The highest BCUT2D eigenvalue weighted by molar-refractivity contribution is 7.99. The maximum atomic E-state index is 13.3. The molecule has 1 unspecified atom stereocenters. The molecule has 0 spiro atoms. The Kier molecular flexibility index (Phi) is 6.53. The summed E-state index contributed by atoms with van der Waals surface area (Å²) in [4.78, 5) is 21.1. The third-order valence-electron chi connectivity index (χ3n) is 4.88. The van der Waals surface area contributed by atoms with Gasteiger partial charge >= 0.3 is 0 Å². The van der Waals surface area contributed by atoms with Gasteiger partial charge < -0.3 is 4.74 Å². The Morgan fingerprint density at radius 3 is 2.72 bits per heavy atom. The van der Waals surface area contributed by atoms with Crippen LogP contribution in [0.25, 0.3) is 10.2 Å². The van der Waals surface area contributed by atoms with E-state index in [2.05, 4.69) is 44.2 Å². The van der Waals surface area contributed by atoms with Crippen LogP contribution in [0.1, 0.15) is 32.3 Å². The van der Waals surface area contributed by atoms with Crippen molar-refractivity contribution in [2.45, 2.75) is 49.4 Å². The molecule has 0 radical (unpaired) electrons. The van der Waals surface area contributed by atoms with E-state index in [0.29, 0.717) is 18.2 Å². The molecule has 2 heterocycles. The Labute approximate surface area is 180 Å². The van der Waals surface area contributed by atoms with Crippen molar-refractivity contribution in [2.24, 2.45) is 0 Å². The number of amides is 1. The monoisotopic (exact) mass is 426 g/mol. The lowest BCUT2D eigenvalue weighted by molar-refractivity contribution is -0.118. The van der Waals surface area contributed by atoms with Crippen molar-refractivity contribution in [3.63, 3.8) is 0 Å². The zero-order valence-corrected chi connectivity index (χ0v) is 18.5. The van der Waals surface area contributed by atoms with Crippen molar-refractivity contribution >= 4 is 44.4 Å². The molecule has 4 rings (SSSR count). The van der Waals surface area contributed by atoms with Crippen LogP contribution in [0.15, 0.2) is 53.4 Å². The molecule has 2 aromatic carbocycles. The number of thioether (sulfide) groups is 1. The summed E-state index contributed by atoms with van der Waals surface area (Å²) in [7, 11) is 0. The fourth-order valence-corrected chi connectivity index (χ4v) is 5.31. The van der Waals surface area contributed by atoms with Gasteiger partial charge in [-0.1, -0.05) is 49.4 Å². The zero-order valence-electron chi connectivity index (χ0n) is 16.8. The van der Waals surface area contributed by atoms with Crippen molar-refractivity contribution in [1.29, 1.82) is 0 Å². The maximum Gasteiger partial charge on any atom is 0.233 e. The number of rotatable bonds is 7. The highest BCUT2D eigenvalue weighted by Gasteiger charge is 2.26. The molecule has 4 nitrogen and oxygen atoms in total. The van der Waals surface area contributed by atoms with Crippen molar-refractivity contribution in [1.82, 2.24) is 4.98 Å². The SMILES string of the molecule is CC(C)Sc1ccc(CC(=O)N(CC2CCCO2)c2nc3ccccc3s2)cc1. The number of para-hydroxylation sites is 1. The standard InChI is InChI=1S/C23H26N2O2S2/c1-16(2)28-19-11-9-17(10-12-19)14-22(26)25(15-18-6-5-13-27-18)23-24-20-7-3-4-8-21(20)29-23/h3-4,7-12,16,18H,5-6,13-15H2,1-2H3. The average molecular weight is 427 g/mol. The van der Waals surface area contributed by atoms with Crippen LogP contribution < -0.4 is 4.90 Å². The first-order chi connectivity index (χ1) is 14.1. The fraction of sp³-hybridized carbons (Fsp3) is 0.391. The van der Waals surface area contributed by atoms with Crippen LogP contribution in [0.5, 0.6) is 0 Å². The van der Waals surface area contributed by atoms with Crippen LogP contribution in [0, 0.1) is 0 Å². The van der Waals surface area contributed by atoms with Crippen LogP contribution in [0.3, 0.4) is 0 Å². The summed E-state index contributed by atoms with van der Waals surface area (Å²) in [5.74, 6) is 0.0730. The minimum absolute atomic E-state index is 0.0730. The smallest absolute Gasteiger partial charge is 0.233 e. The van der Waals surface area contributed by atoms with Crippen LogP contribution >= 0.6 is 23.1 Å². The second-order valence-corrected chi connectivity index (χ2v) is 10.2. The van der Waals surface area contributed by atoms with Gasteiger partial charge in [0.1, 0.15) is 0 Å². The van der Waals surface area contributed by atoms with Gasteiger partial charge in [0.15, 0.2) is 5.13 Å². The summed E-state index contributed by atoms with van der Waals surface area (Å²) in [5, 5.41) is 1.31. The number of nitrogens with zero attached hydrogens (tertiary/aromatic N) is 2. The third-order valence-corrected chi connectivity index (χ3v) is 6.95. The number of aromatic nitrogens is 1. The average Bonchev–Trinajstić information content (AvgIpc) is 3.36. The number of hydrogen-bond acceptors (Lipinski definition) is 5. The van der Waals surface area contributed by atoms with Crippen LogP contribution in [0.4, 0.5) is 5.13 Å². The van der Waals surface area contributed by atoms with Crippen LogP contribution in [-0.2, 0) is 16.0 Å². The molecule has 29 heavy (non-hydrogen) atoms. The molecule has 1 fully saturated rings. The number of thiazole rings is 1. The van der Waals surface area contributed by atoms with Crippen molar-refractivity contribution in [3.05, 3.63) is 54.1 Å². The Morgan fingerprint density at radius 1 is 1.24 bits per heavy atom. The van der Waals surface area contributed by atoms with Gasteiger partial charge in [0.25, 0.3) is 0 Å². The van der Waals surface area contributed by atoms with Crippen molar-refractivity contribution in [2.75, 3.05) is 18.1 Å². The number of hydrogen-bond donors (Lipinski definition) is 0. The van der Waals surface area contributed by atoms with Gasteiger partial charge in [0.05, 0.1) is 29.3 Å². The molecule has 1 aliphatic rings. The second-order valence-electron chi connectivity index (χ2n) is 7.59. The molecule has 152 valence electrons. The summed E-state index contributed by atoms with van der Waals surface area (Å²) in [6.07, 6.45) is 2.52. The maximum absolute atomic E-state index is 13.3. The Balaban J connectivity index is 1.54. The van der Waals surface area contributed by atoms with E-state index in [-0.39, 0.29) is 12.0 Å². The zero-order chi connectivity index (χ0) is 20.2. The normalized spacial score (nSPS) is 16.6. The quantitative estimate of drug-likeness (QED) is 0.465. The minimum atomic E-state index is 0.0730. The van der Waals surface area contributed by atoms with Gasteiger partial charge in [-0.25, -0.2) is 4.98 Å². The van der Waals surface area contributed by atoms with Crippen LogP contribution in [-0.4, -0.2) is 35.4 Å². The Bertz CT molecular complexity index is 929. The highest BCUT2D eigenvalue weighted by Crippen LogP contribution is 2.30. The number of ether oxygens (including phenoxy) is 1. The molecule has 0 bridgehead atoms. The van der Waals surface area contributed by atoms with Crippen LogP contribution in [0.2, 0.25) is 0 Å². The lowest BCUT2D eigenvalue weighted by atomic mass is 10.1. The molecule has 3 aromatic rings. The van der Waals surface area contributed by atoms with Crippen molar-refractivity contribution in [3.8, 4) is 0 Å². The topological polar surface area (TPSA) is 42.4 Å². The summed E-state index contributed by atoms with van der Waals surface area (Å²) in [6, 6.07) is 16.4. The van der Waals surface area contributed by atoms with Gasteiger partial charge in [0.2, 0.25) is 5.91 Å². The lowest BCUT2D eigenvalue weighted by Gasteiger charge is -2.23. The van der Waals surface area contributed by atoms with E-state index in [1.165, 1.54) is 4.90 Å². The summed E-state index contributed by atoms with van der Waals surface area (Å²) in [5.41, 5.74) is 1.97. The minimum Gasteiger partial charge on any atom is -0.376 e. The first-order valence-corrected chi connectivity index (χ1v) is 11.8. The lowest BCUT2D eigenvalue weighted by Crippen LogP contribution is -2.38. The Morgan fingerprint density at radius 2 is 2.03 bits per heavy atom. The summed E-state index contributed by atoms with van der Waals surface area (Å²) < 4.78 is 6.91. The van der Waals surface area contributed by atoms with Crippen molar-refractivity contribution < 1.29 is 9.53 Å². The largest absolute Gasteiger partial charge is 0.376 e. The first kappa shape index (κ1) is 20.4. The molecule has 1 amide bonds. The van der Waals surface area contributed by atoms with E-state index in [4.69, 9.17) is 9.72 Å². The number of benzene rings is 2. The van der Waals surface area contributed by atoms with Gasteiger partial charge in [-0.05, 0) is 42.7 Å². The molecular formula is C23H26N2O2S2. The van der Waals surface area contributed by atoms with E-state index in [9.17, 15) is 4.79 Å². The molecule has 1 aromatic heterocycles. The molecule has 1 atom stereocenters. The van der Waals surface area contributed by atoms with E-state index in [1.807, 2.05) is 34.9 Å². The number of carbonyl (C=O) groups excluding carboxylic acids is 1. The van der Waals surface area contributed by atoms with E-state index >= 15 is 0 Å². The molecular weight excluding hydrogens is 400 g/mol. The molecule has 6 heteroatoms. The van der Waals surface area contributed by atoms with Gasteiger partial charge in [0, 0.05) is 16.8 Å². The number of fused-ring (bicyclic) bond motifs is 1. The summed E-state index contributed by atoms with van der Waals surface area (Å²) in [6.45, 7) is 5.72. The molecule has 0 N–H and O–H groups in total. The fourth-order valence-electron chi connectivity index (χ4n) is 3.48. The van der Waals surface area contributed by atoms with E-state index in [1.54, 1.807) is 11.3 Å². The first-order valence-electron chi connectivity index (χ1n) is 10.1. The molecule has 0 saturated carbocycles. The molecule has 1 aliphatic heterocycles. The highest BCUT2D eigenvalue weighted by atomic mass is 32.2. The number of carbonyl (C=O) groups is 1. The number of anilines is 1. The van der Waals surface area contributed by atoms with Gasteiger partial charge in [-0.15, -0.1) is 11.8 Å². The Hall–Kier alpha value is -1.89. The predicted molar refractivity (Wildman–Crippen MR) is 122 cm³/mol. The van der Waals surface area contributed by atoms with Gasteiger partial charge in [-0.3, -0.25) is 9.69 Å². The van der Waals surface area contributed by atoms with E-state index < -0.39 is 0 Å². The predicted octanol–water partition coefficient (Wildman–Crippen LogP) is 5.55. The van der Waals surface area contributed by atoms with Gasteiger partial charge in [-0.2, -0.15) is 0 Å². The summed E-state index contributed by atoms with van der Waals surface area (Å²) >= 11 is 3.40. The molecule has 1 saturated heterocycles. The third kappa shape index (κ3) is 5.18. The molecule has 0 aliphatic carbocycles.